The quantitative estimate of drug-likeness (QED) is 0.160. The molecule has 1 nitrogen and oxygen atoms in total. The molecule has 0 amide bonds. The molecule has 1 heteroatoms. The fourth-order valence-corrected chi connectivity index (χ4v) is 15.3. The Labute approximate surface area is 485 Å². The summed E-state index contributed by atoms with van der Waals surface area (Å²) in [5, 5.41) is 0. The van der Waals surface area contributed by atoms with Gasteiger partial charge in [0, 0.05) is 27.8 Å². The van der Waals surface area contributed by atoms with Crippen molar-refractivity contribution >= 4 is 17.1 Å². The third-order valence-corrected chi connectivity index (χ3v) is 19.4. The van der Waals surface area contributed by atoms with Crippen LogP contribution in [0.3, 0.4) is 0 Å². The molecule has 82 heavy (non-hydrogen) atoms. The van der Waals surface area contributed by atoms with Gasteiger partial charge in [-0.3, -0.25) is 0 Å². The predicted octanol–water partition coefficient (Wildman–Crippen LogP) is 21.7. The lowest BCUT2D eigenvalue weighted by molar-refractivity contribution is 0.586. The van der Waals surface area contributed by atoms with Crippen LogP contribution in [0.4, 0.5) is 17.1 Å². The van der Waals surface area contributed by atoms with E-state index in [4.69, 9.17) is 0 Å². The first-order valence-electron chi connectivity index (χ1n) is 29.6. The van der Waals surface area contributed by atoms with Crippen molar-refractivity contribution in [3.8, 4) is 77.9 Å². The zero-order valence-electron chi connectivity index (χ0n) is 49.0. The lowest BCUT2D eigenvalue weighted by Gasteiger charge is -2.33. The van der Waals surface area contributed by atoms with E-state index in [-0.39, 0.29) is 21.7 Å². The van der Waals surface area contributed by atoms with Crippen molar-refractivity contribution < 1.29 is 0 Å². The number of nitrogens with zero attached hydrogens (tertiary/aromatic N) is 1. The van der Waals surface area contributed by atoms with E-state index in [2.05, 4.69) is 311 Å². The molecule has 0 radical (unpaired) electrons. The Morgan fingerprint density at radius 2 is 0.695 bits per heavy atom. The summed E-state index contributed by atoms with van der Waals surface area (Å²) in [5.41, 5.74) is 34.2. The van der Waals surface area contributed by atoms with Gasteiger partial charge in [0.05, 0.1) is 11.1 Å². The molecule has 4 aliphatic carbocycles. The van der Waals surface area contributed by atoms with Crippen LogP contribution >= 0.6 is 0 Å². The van der Waals surface area contributed by atoms with Crippen molar-refractivity contribution in [2.75, 3.05) is 4.90 Å². The number of fused-ring (bicyclic) bond motifs is 16. The number of hydrogen-bond donors (Lipinski definition) is 0. The minimum absolute atomic E-state index is 0.0371. The molecule has 11 aromatic rings. The summed E-state index contributed by atoms with van der Waals surface area (Å²) < 4.78 is 0. The van der Waals surface area contributed by atoms with Crippen molar-refractivity contribution in [3.05, 3.63) is 292 Å². The standard InChI is InChI=1S/C81H69N/c1-77(2,3)53-38-45-62-63-46-39-54(78(4,5)6)49-73(63)81(72(62)48-53)69-30-18-15-25-66(69)75-70(81)31-20-32-74(75)82(55-40-33-50(34-41-55)52-37-44-61-59-23-13-16-28-67(59)79(7,8)71(61)47-52)56-42-35-51(36-43-56)57-21-11-12-22-58(57)64-26-19-27-65-60-24-14-17-29-68(60)80(9,10)76(64)65/h11-49H,1-10H3. The molecule has 0 N–H and O–H groups in total. The maximum absolute atomic E-state index is 2.56. The van der Waals surface area contributed by atoms with Gasteiger partial charge in [-0.2, -0.15) is 0 Å². The highest BCUT2D eigenvalue weighted by Crippen LogP contribution is 2.66. The van der Waals surface area contributed by atoms with Crippen LogP contribution in [0.15, 0.2) is 237 Å². The van der Waals surface area contributed by atoms with E-state index in [0.717, 1.165) is 17.1 Å². The molecular weight excluding hydrogens is 987 g/mol. The minimum atomic E-state index is -0.535. The topological polar surface area (TPSA) is 3.24 Å². The fraction of sp³-hybridized carbons (Fsp3) is 0.185. The SMILES string of the molecule is CC(C)(C)c1ccc2c(c1)C1(c3cc(C(C)(C)C)ccc3-2)c2ccccc2-c2c(N(c3ccc(-c4ccc5c(c4)C(C)(C)c4ccccc4-5)cc3)c3ccc(-c4ccccc4-c4cccc5c4C(C)(C)c4ccccc4-5)cc3)cccc21. The highest BCUT2D eigenvalue weighted by molar-refractivity contribution is 6.02. The van der Waals surface area contributed by atoms with Crippen LogP contribution in [0.2, 0.25) is 0 Å². The van der Waals surface area contributed by atoms with Gasteiger partial charge in [-0.05, 0) is 175 Å². The van der Waals surface area contributed by atoms with Gasteiger partial charge in [0.15, 0.2) is 0 Å². The van der Waals surface area contributed by atoms with Crippen LogP contribution in [0, 0.1) is 0 Å². The number of rotatable bonds is 6. The summed E-state index contributed by atoms with van der Waals surface area (Å²) in [6.07, 6.45) is 0. The molecule has 0 fully saturated rings. The second-order valence-electron chi connectivity index (χ2n) is 26.8. The molecule has 11 aromatic carbocycles. The van der Waals surface area contributed by atoms with E-state index in [0.29, 0.717) is 0 Å². The zero-order chi connectivity index (χ0) is 56.2. The Kier molecular flexibility index (Phi) is 10.8. The molecule has 0 atom stereocenters. The van der Waals surface area contributed by atoms with E-state index < -0.39 is 5.41 Å². The van der Waals surface area contributed by atoms with Gasteiger partial charge in [0.2, 0.25) is 0 Å². The van der Waals surface area contributed by atoms with E-state index in [1.807, 2.05) is 0 Å². The van der Waals surface area contributed by atoms with E-state index >= 15 is 0 Å². The van der Waals surface area contributed by atoms with Crippen LogP contribution < -0.4 is 4.90 Å². The van der Waals surface area contributed by atoms with Gasteiger partial charge < -0.3 is 4.90 Å². The van der Waals surface area contributed by atoms with Gasteiger partial charge >= 0.3 is 0 Å². The van der Waals surface area contributed by atoms with E-state index in [1.165, 1.54) is 134 Å². The maximum atomic E-state index is 2.56. The fourth-order valence-electron chi connectivity index (χ4n) is 15.3. The predicted molar refractivity (Wildman–Crippen MR) is 346 cm³/mol. The van der Waals surface area contributed by atoms with Crippen LogP contribution in [-0.4, -0.2) is 0 Å². The second kappa shape index (κ2) is 17.6. The highest BCUT2D eigenvalue weighted by Gasteiger charge is 2.53. The molecule has 4 aliphatic rings. The Morgan fingerprint density at radius 3 is 1.29 bits per heavy atom. The lowest BCUT2D eigenvalue weighted by atomic mass is 9.69. The van der Waals surface area contributed by atoms with Crippen LogP contribution in [0.5, 0.6) is 0 Å². The summed E-state index contributed by atoms with van der Waals surface area (Å²) in [6.45, 7) is 23.6. The van der Waals surface area contributed by atoms with Crippen molar-refractivity contribution in [2.24, 2.45) is 0 Å². The van der Waals surface area contributed by atoms with Gasteiger partial charge in [0.1, 0.15) is 0 Å². The Morgan fingerprint density at radius 1 is 0.280 bits per heavy atom. The van der Waals surface area contributed by atoms with Crippen LogP contribution in [0.1, 0.15) is 125 Å². The average molecular weight is 1060 g/mol. The molecular formula is C81H69N. The van der Waals surface area contributed by atoms with Crippen molar-refractivity contribution in [3.63, 3.8) is 0 Å². The number of benzene rings is 11. The van der Waals surface area contributed by atoms with Crippen molar-refractivity contribution in [1.82, 2.24) is 0 Å². The third kappa shape index (κ3) is 7.11. The molecule has 0 heterocycles. The van der Waals surface area contributed by atoms with Gasteiger partial charge in [-0.1, -0.05) is 269 Å². The monoisotopic (exact) mass is 1060 g/mol. The smallest absolute Gasteiger partial charge is 0.0726 e. The second-order valence-corrected chi connectivity index (χ2v) is 26.8. The Hall–Kier alpha value is -8.78. The molecule has 0 saturated carbocycles. The van der Waals surface area contributed by atoms with Gasteiger partial charge in [0.25, 0.3) is 0 Å². The first-order valence-corrected chi connectivity index (χ1v) is 29.6. The molecule has 0 bridgehead atoms. The minimum Gasteiger partial charge on any atom is -0.310 e. The zero-order valence-corrected chi connectivity index (χ0v) is 49.0. The van der Waals surface area contributed by atoms with Crippen LogP contribution in [0.25, 0.3) is 77.9 Å². The molecule has 15 rings (SSSR count). The Balaban J connectivity index is 0.920. The lowest BCUT2D eigenvalue weighted by Crippen LogP contribution is -2.27. The Bertz CT molecular complexity index is 4390. The first kappa shape index (κ1) is 50.2. The number of hydrogen-bond acceptors (Lipinski definition) is 1. The van der Waals surface area contributed by atoms with Gasteiger partial charge in [-0.25, -0.2) is 0 Å². The molecule has 0 unspecified atom stereocenters. The molecule has 0 aromatic heterocycles. The maximum Gasteiger partial charge on any atom is 0.0726 e. The molecule has 0 aliphatic heterocycles. The third-order valence-electron chi connectivity index (χ3n) is 19.4. The molecule has 398 valence electrons. The van der Waals surface area contributed by atoms with Gasteiger partial charge in [-0.15, -0.1) is 0 Å². The van der Waals surface area contributed by atoms with E-state index in [9.17, 15) is 0 Å². The van der Waals surface area contributed by atoms with E-state index in [1.54, 1.807) is 0 Å². The highest BCUT2D eigenvalue weighted by atomic mass is 15.1. The summed E-state index contributed by atoms with van der Waals surface area (Å²) in [5.74, 6) is 0. The van der Waals surface area contributed by atoms with Crippen molar-refractivity contribution in [2.45, 2.75) is 96.3 Å². The largest absolute Gasteiger partial charge is 0.310 e. The number of anilines is 3. The summed E-state index contributed by atoms with van der Waals surface area (Å²) >= 11 is 0. The van der Waals surface area contributed by atoms with Crippen molar-refractivity contribution in [1.29, 1.82) is 0 Å². The summed E-state index contributed by atoms with van der Waals surface area (Å²) in [7, 11) is 0. The normalized spacial score (nSPS) is 15.0. The van der Waals surface area contributed by atoms with Crippen LogP contribution in [-0.2, 0) is 27.1 Å². The molecule has 1 spiro atoms. The molecule has 0 saturated heterocycles. The average Bonchev–Trinajstić information content (AvgIpc) is 2.00. The first-order chi connectivity index (χ1) is 39.5. The summed E-state index contributed by atoms with van der Waals surface area (Å²) in [6, 6.07) is 90.9. The summed E-state index contributed by atoms with van der Waals surface area (Å²) in [4.78, 5) is 2.54.